The maximum atomic E-state index is 12.8. The van der Waals surface area contributed by atoms with E-state index in [0.717, 1.165) is 0 Å². The molecular weight excluding hydrogens is 370 g/mol. The van der Waals surface area contributed by atoms with E-state index < -0.39 is 20.9 Å². The monoisotopic (exact) mass is 389 g/mol. The average molecular weight is 389 g/mol. The van der Waals surface area contributed by atoms with Crippen molar-refractivity contribution in [2.45, 2.75) is 23.8 Å². The van der Waals surface area contributed by atoms with Crippen molar-refractivity contribution in [3.63, 3.8) is 0 Å². The molecule has 1 aliphatic heterocycles. The number of rotatable bonds is 6. The number of hydrogen-bond acceptors (Lipinski definition) is 5. The van der Waals surface area contributed by atoms with Crippen LogP contribution in [0.2, 0.25) is 0 Å². The molecule has 142 valence electrons. The van der Waals surface area contributed by atoms with Gasteiger partial charge in [0, 0.05) is 36.8 Å². The van der Waals surface area contributed by atoms with Crippen LogP contribution in [0.5, 0.6) is 0 Å². The normalized spacial score (nSPS) is 17.6. The number of hydrogen-bond donors (Lipinski definition) is 1. The lowest BCUT2D eigenvalue weighted by atomic mass is 10.1. The number of nitro groups is 1. The van der Waals surface area contributed by atoms with Gasteiger partial charge in [-0.05, 0) is 31.0 Å². The zero-order valence-corrected chi connectivity index (χ0v) is 15.3. The third-order valence-corrected chi connectivity index (χ3v) is 6.46. The summed E-state index contributed by atoms with van der Waals surface area (Å²) in [6.45, 7) is 0.544. The molecule has 2 aromatic carbocycles. The fraction of sp³-hybridized carbons (Fsp3) is 0.278. The number of carbonyl (C=O) groups excluding carboxylic acids is 1. The summed E-state index contributed by atoms with van der Waals surface area (Å²) in [6.07, 6.45) is 1.35. The molecule has 3 rings (SSSR count). The molecular formula is C18H19N3O5S. The number of nitrogens with zero attached hydrogens (tertiary/aromatic N) is 2. The van der Waals surface area contributed by atoms with Crippen LogP contribution in [0.1, 0.15) is 23.2 Å². The quantitative estimate of drug-likeness (QED) is 0.601. The van der Waals surface area contributed by atoms with Gasteiger partial charge in [-0.25, -0.2) is 8.42 Å². The summed E-state index contributed by atoms with van der Waals surface area (Å²) in [4.78, 5) is 22.8. The molecule has 2 aromatic rings. The predicted octanol–water partition coefficient (Wildman–Crippen LogP) is 2.18. The maximum Gasteiger partial charge on any atom is 0.270 e. The molecule has 1 atom stereocenters. The molecule has 0 radical (unpaired) electrons. The van der Waals surface area contributed by atoms with E-state index in [2.05, 4.69) is 5.32 Å². The van der Waals surface area contributed by atoms with Crippen molar-refractivity contribution in [1.29, 1.82) is 0 Å². The number of non-ortho nitro benzene ring substituents is 1. The zero-order chi connectivity index (χ0) is 19.4. The first-order chi connectivity index (χ1) is 12.9. The van der Waals surface area contributed by atoms with E-state index in [-0.39, 0.29) is 28.7 Å². The van der Waals surface area contributed by atoms with Crippen LogP contribution in [0.25, 0.3) is 0 Å². The second-order valence-electron chi connectivity index (χ2n) is 6.24. The highest BCUT2D eigenvalue weighted by molar-refractivity contribution is 7.89. The number of amides is 1. The molecule has 27 heavy (non-hydrogen) atoms. The highest BCUT2D eigenvalue weighted by Crippen LogP contribution is 2.25. The van der Waals surface area contributed by atoms with Crippen LogP contribution in [-0.4, -0.2) is 42.7 Å². The molecule has 1 aliphatic rings. The Kier molecular flexibility index (Phi) is 5.52. The Morgan fingerprint density at radius 2 is 1.93 bits per heavy atom. The van der Waals surface area contributed by atoms with E-state index in [1.54, 1.807) is 30.3 Å². The van der Waals surface area contributed by atoms with Crippen LogP contribution in [0, 0.1) is 10.1 Å². The first kappa shape index (κ1) is 19.0. The van der Waals surface area contributed by atoms with Gasteiger partial charge in [-0.1, -0.05) is 24.3 Å². The Morgan fingerprint density at radius 3 is 2.63 bits per heavy atom. The maximum absolute atomic E-state index is 12.8. The molecule has 9 heteroatoms. The Labute approximate surface area is 157 Å². The number of benzene rings is 2. The minimum absolute atomic E-state index is 0.146. The van der Waals surface area contributed by atoms with Crippen molar-refractivity contribution < 1.29 is 18.1 Å². The first-order valence-corrected chi connectivity index (χ1v) is 9.93. The fourth-order valence-corrected chi connectivity index (χ4v) is 4.84. The second kappa shape index (κ2) is 7.85. The Hall–Kier alpha value is -2.78. The van der Waals surface area contributed by atoms with E-state index in [4.69, 9.17) is 0 Å². The van der Waals surface area contributed by atoms with Crippen molar-refractivity contribution >= 4 is 21.6 Å². The van der Waals surface area contributed by atoms with Gasteiger partial charge >= 0.3 is 0 Å². The van der Waals surface area contributed by atoms with Gasteiger partial charge in [-0.2, -0.15) is 4.31 Å². The van der Waals surface area contributed by atoms with Crippen molar-refractivity contribution in [2.75, 3.05) is 13.1 Å². The molecule has 1 unspecified atom stereocenters. The fourth-order valence-electron chi connectivity index (χ4n) is 3.13. The minimum atomic E-state index is -3.63. The molecule has 1 saturated heterocycles. The molecule has 0 bridgehead atoms. The lowest BCUT2D eigenvalue weighted by Gasteiger charge is -2.24. The van der Waals surface area contributed by atoms with Gasteiger partial charge in [0.25, 0.3) is 11.6 Å². The number of carbonyl (C=O) groups is 1. The van der Waals surface area contributed by atoms with E-state index in [9.17, 15) is 23.3 Å². The van der Waals surface area contributed by atoms with Gasteiger partial charge in [0.1, 0.15) is 0 Å². The Morgan fingerprint density at radius 1 is 1.19 bits per heavy atom. The average Bonchev–Trinajstić information content (AvgIpc) is 3.16. The van der Waals surface area contributed by atoms with Gasteiger partial charge < -0.3 is 5.32 Å². The van der Waals surface area contributed by atoms with E-state index in [0.29, 0.717) is 19.4 Å². The molecule has 1 fully saturated rings. The summed E-state index contributed by atoms with van der Waals surface area (Å²) in [5.41, 5.74) is -0.00328. The smallest absolute Gasteiger partial charge is 0.270 e. The van der Waals surface area contributed by atoms with Crippen molar-refractivity contribution in [2.24, 2.45) is 0 Å². The molecule has 0 aromatic heterocycles. The van der Waals surface area contributed by atoms with Gasteiger partial charge in [0.15, 0.2) is 0 Å². The Balaban J connectivity index is 1.69. The summed E-state index contributed by atoms with van der Waals surface area (Å²) in [5, 5.41) is 13.5. The summed E-state index contributed by atoms with van der Waals surface area (Å²) < 4.78 is 27.0. The summed E-state index contributed by atoms with van der Waals surface area (Å²) in [6, 6.07) is 13.3. The van der Waals surface area contributed by atoms with E-state index in [1.807, 2.05) is 0 Å². The van der Waals surface area contributed by atoms with Gasteiger partial charge in [0.2, 0.25) is 10.0 Å². The van der Waals surface area contributed by atoms with Crippen molar-refractivity contribution in [1.82, 2.24) is 9.62 Å². The van der Waals surface area contributed by atoms with Crippen LogP contribution in [0.3, 0.4) is 0 Å². The molecule has 0 aliphatic carbocycles. The third kappa shape index (κ3) is 4.15. The summed E-state index contributed by atoms with van der Waals surface area (Å²) in [7, 11) is -3.63. The van der Waals surface area contributed by atoms with Crippen LogP contribution >= 0.6 is 0 Å². The highest BCUT2D eigenvalue weighted by Gasteiger charge is 2.35. The lowest BCUT2D eigenvalue weighted by Crippen LogP contribution is -2.43. The largest absolute Gasteiger partial charge is 0.350 e. The SMILES string of the molecule is O=C(NCC1CCCN1S(=O)(=O)c1ccccc1)c1cccc([N+](=O)[O-])c1. The second-order valence-corrected chi connectivity index (χ2v) is 8.13. The van der Waals surface area contributed by atoms with E-state index in [1.165, 1.54) is 28.6 Å². The van der Waals surface area contributed by atoms with E-state index >= 15 is 0 Å². The standard InChI is InChI=1S/C18H19N3O5S/c22-18(14-6-4-7-15(12-14)21(23)24)19-13-16-8-5-11-20(16)27(25,26)17-9-2-1-3-10-17/h1-4,6-7,9-10,12,16H,5,8,11,13H2,(H,19,22). The van der Waals surface area contributed by atoms with Crippen molar-refractivity contribution in [3.8, 4) is 0 Å². The van der Waals surface area contributed by atoms with Crippen LogP contribution in [0.4, 0.5) is 5.69 Å². The molecule has 0 spiro atoms. The number of nitro benzene ring substituents is 1. The first-order valence-electron chi connectivity index (χ1n) is 8.49. The minimum Gasteiger partial charge on any atom is -0.350 e. The summed E-state index contributed by atoms with van der Waals surface area (Å²) >= 11 is 0. The molecule has 1 heterocycles. The summed E-state index contributed by atoms with van der Waals surface area (Å²) in [5.74, 6) is -0.470. The van der Waals surface area contributed by atoms with Crippen molar-refractivity contribution in [3.05, 3.63) is 70.3 Å². The van der Waals surface area contributed by atoms with Crippen LogP contribution in [0.15, 0.2) is 59.5 Å². The van der Waals surface area contributed by atoms with Gasteiger partial charge in [-0.15, -0.1) is 0 Å². The highest BCUT2D eigenvalue weighted by atomic mass is 32.2. The zero-order valence-electron chi connectivity index (χ0n) is 14.4. The number of sulfonamides is 1. The molecule has 1 amide bonds. The molecule has 0 saturated carbocycles. The Bertz CT molecular complexity index is 946. The molecule has 8 nitrogen and oxygen atoms in total. The van der Waals surface area contributed by atoms with Crippen LogP contribution < -0.4 is 5.32 Å². The predicted molar refractivity (Wildman–Crippen MR) is 98.8 cm³/mol. The lowest BCUT2D eigenvalue weighted by molar-refractivity contribution is -0.384. The third-order valence-electron chi connectivity index (χ3n) is 4.49. The number of nitrogens with one attached hydrogen (secondary N) is 1. The molecule has 1 N–H and O–H groups in total. The van der Waals surface area contributed by atoms with Gasteiger partial charge in [-0.3, -0.25) is 14.9 Å². The van der Waals surface area contributed by atoms with Gasteiger partial charge in [0.05, 0.1) is 9.82 Å². The topological polar surface area (TPSA) is 110 Å². The van der Waals surface area contributed by atoms with Crippen LogP contribution in [-0.2, 0) is 10.0 Å².